The average molecular weight is 269 g/mol. The smallest absolute Gasteiger partial charge is 0.222 e. The summed E-state index contributed by atoms with van der Waals surface area (Å²) in [5.41, 5.74) is 5.68. The van der Waals surface area contributed by atoms with Crippen LogP contribution in [-0.4, -0.2) is 67.7 Å². The monoisotopic (exact) mass is 269 g/mol. The molecule has 0 bridgehead atoms. The molecule has 2 aliphatic heterocycles. The van der Waals surface area contributed by atoms with Gasteiger partial charge in [0, 0.05) is 38.6 Å². The van der Waals surface area contributed by atoms with Crippen LogP contribution in [0.15, 0.2) is 0 Å². The Morgan fingerprint density at radius 1 is 1.37 bits per heavy atom. The Labute approximate surface area is 116 Å². The SMILES string of the molecule is CCC(CN)CC(=O)N1CCC(N2CCOCC2)C1. The van der Waals surface area contributed by atoms with Crippen LogP contribution < -0.4 is 5.73 Å². The second-order valence-electron chi connectivity index (χ2n) is 5.64. The normalized spacial score (nSPS) is 26.6. The quantitative estimate of drug-likeness (QED) is 0.779. The number of hydrogen-bond donors (Lipinski definition) is 1. The van der Waals surface area contributed by atoms with Crippen molar-refractivity contribution in [1.29, 1.82) is 0 Å². The number of likely N-dealkylation sites (tertiary alicyclic amines) is 1. The molecule has 0 saturated carbocycles. The number of amides is 1. The third-order valence-electron chi connectivity index (χ3n) is 4.45. The van der Waals surface area contributed by atoms with Crippen LogP contribution in [0.1, 0.15) is 26.2 Å². The van der Waals surface area contributed by atoms with Crippen LogP contribution in [0, 0.1) is 5.92 Å². The molecule has 19 heavy (non-hydrogen) atoms. The Balaban J connectivity index is 1.78. The molecule has 2 heterocycles. The van der Waals surface area contributed by atoms with Crippen molar-refractivity contribution in [2.24, 2.45) is 11.7 Å². The van der Waals surface area contributed by atoms with E-state index in [0.717, 1.165) is 52.2 Å². The number of rotatable bonds is 5. The molecule has 2 saturated heterocycles. The summed E-state index contributed by atoms with van der Waals surface area (Å²) in [4.78, 5) is 16.7. The second kappa shape index (κ2) is 7.22. The molecular formula is C14H27N3O2. The molecule has 0 aliphatic carbocycles. The maximum absolute atomic E-state index is 12.2. The summed E-state index contributed by atoms with van der Waals surface area (Å²) in [7, 11) is 0. The first kappa shape index (κ1) is 14.8. The fourth-order valence-corrected chi connectivity index (χ4v) is 2.98. The molecule has 2 rings (SSSR count). The largest absolute Gasteiger partial charge is 0.379 e. The van der Waals surface area contributed by atoms with Crippen LogP contribution in [0.4, 0.5) is 0 Å². The number of hydrogen-bond acceptors (Lipinski definition) is 4. The Morgan fingerprint density at radius 3 is 2.74 bits per heavy atom. The van der Waals surface area contributed by atoms with Crippen LogP contribution in [0.3, 0.4) is 0 Å². The third-order valence-corrected chi connectivity index (χ3v) is 4.45. The van der Waals surface area contributed by atoms with Gasteiger partial charge in [0.25, 0.3) is 0 Å². The summed E-state index contributed by atoms with van der Waals surface area (Å²) >= 11 is 0. The Morgan fingerprint density at radius 2 is 2.11 bits per heavy atom. The first-order chi connectivity index (χ1) is 9.24. The third kappa shape index (κ3) is 3.91. The van der Waals surface area contributed by atoms with Gasteiger partial charge in [-0.05, 0) is 18.9 Å². The number of nitrogens with zero attached hydrogens (tertiary/aromatic N) is 2. The Bertz CT molecular complexity index is 288. The molecule has 2 aliphatic rings. The zero-order chi connectivity index (χ0) is 13.7. The van der Waals surface area contributed by atoms with Gasteiger partial charge in [-0.25, -0.2) is 0 Å². The molecule has 0 aromatic rings. The molecule has 0 spiro atoms. The van der Waals surface area contributed by atoms with E-state index in [0.29, 0.717) is 24.9 Å². The minimum absolute atomic E-state index is 0.285. The van der Waals surface area contributed by atoms with E-state index < -0.39 is 0 Å². The molecule has 0 radical (unpaired) electrons. The lowest BCUT2D eigenvalue weighted by atomic mass is 10.0. The minimum Gasteiger partial charge on any atom is -0.379 e. The topological polar surface area (TPSA) is 58.8 Å². The van der Waals surface area contributed by atoms with Gasteiger partial charge >= 0.3 is 0 Å². The molecule has 2 fully saturated rings. The number of nitrogens with two attached hydrogens (primary N) is 1. The molecule has 2 unspecified atom stereocenters. The fourth-order valence-electron chi connectivity index (χ4n) is 2.98. The number of carbonyl (C=O) groups excluding carboxylic acids is 1. The van der Waals surface area contributed by atoms with Crippen molar-refractivity contribution in [2.45, 2.75) is 32.2 Å². The van der Waals surface area contributed by atoms with Gasteiger partial charge in [-0.3, -0.25) is 9.69 Å². The molecule has 110 valence electrons. The molecular weight excluding hydrogens is 242 g/mol. The lowest BCUT2D eigenvalue weighted by molar-refractivity contribution is -0.131. The molecule has 5 heteroatoms. The van der Waals surface area contributed by atoms with Gasteiger partial charge in [0.15, 0.2) is 0 Å². The highest BCUT2D eigenvalue weighted by molar-refractivity contribution is 5.76. The molecule has 5 nitrogen and oxygen atoms in total. The highest BCUT2D eigenvalue weighted by atomic mass is 16.5. The standard InChI is InChI=1S/C14H27N3O2/c1-2-12(10-15)9-14(18)17-4-3-13(11-17)16-5-7-19-8-6-16/h12-13H,2-11,15H2,1H3. The average Bonchev–Trinajstić information content (AvgIpc) is 2.95. The van der Waals surface area contributed by atoms with Crippen LogP contribution in [0.25, 0.3) is 0 Å². The van der Waals surface area contributed by atoms with Crippen LogP contribution >= 0.6 is 0 Å². The molecule has 2 atom stereocenters. The predicted molar refractivity (Wildman–Crippen MR) is 74.8 cm³/mol. The van der Waals surface area contributed by atoms with E-state index in [-0.39, 0.29) is 5.91 Å². The second-order valence-corrected chi connectivity index (χ2v) is 5.64. The van der Waals surface area contributed by atoms with E-state index in [4.69, 9.17) is 10.5 Å². The van der Waals surface area contributed by atoms with Gasteiger partial charge in [0.2, 0.25) is 5.91 Å². The zero-order valence-electron chi connectivity index (χ0n) is 12.0. The van der Waals surface area contributed by atoms with Crippen molar-refractivity contribution in [3.63, 3.8) is 0 Å². The van der Waals surface area contributed by atoms with Gasteiger partial charge in [0.05, 0.1) is 13.2 Å². The van der Waals surface area contributed by atoms with Gasteiger partial charge in [-0.1, -0.05) is 13.3 Å². The van der Waals surface area contributed by atoms with Crippen molar-refractivity contribution >= 4 is 5.91 Å². The van der Waals surface area contributed by atoms with Crippen LogP contribution in [0.2, 0.25) is 0 Å². The van der Waals surface area contributed by atoms with Crippen molar-refractivity contribution in [1.82, 2.24) is 9.80 Å². The lowest BCUT2D eigenvalue weighted by Crippen LogP contribution is -2.45. The summed E-state index contributed by atoms with van der Waals surface area (Å²) in [6.45, 7) is 8.18. The van der Waals surface area contributed by atoms with E-state index in [1.165, 1.54) is 0 Å². The van der Waals surface area contributed by atoms with E-state index in [2.05, 4.69) is 11.8 Å². The minimum atomic E-state index is 0.285. The fraction of sp³-hybridized carbons (Fsp3) is 0.929. The summed E-state index contributed by atoms with van der Waals surface area (Å²) in [6.07, 6.45) is 2.71. The van der Waals surface area contributed by atoms with Crippen molar-refractivity contribution in [3.05, 3.63) is 0 Å². The van der Waals surface area contributed by atoms with Crippen LogP contribution in [-0.2, 0) is 9.53 Å². The Hall–Kier alpha value is -0.650. The van der Waals surface area contributed by atoms with Gasteiger partial charge in [-0.2, -0.15) is 0 Å². The number of ether oxygens (including phenoxy) is 1. The van der Waals surface area contributed by atoms with Gasteiger partial charge in [-0.15, -0.1) is 0 Å². The number of carbonyl (C=O) groups is 1. The molecule has 0 aromatic carbocycles. The van der Waals surface area contributed by atoms with Crippen LogP contribution in [0.5, 0.6) is 0 Å². The molecule has 2 N–H and O–H groups in total. The predicted octanol–water partition coefficient (Wildman–Crippen LogP) is 0.295. The summed E-state index contributed by atoms with van der Waals surface area (Å²) in [5.74, 6) is 0.628. The van der Waals surface area contributed by atoms with Crippen molar-refractivity contribution in [2.75, 3.05) is 45.9 Å². The summed E-state index contributed by atoms with van der Waals surface area (Å²) in [5, 5.41) is 0. The Kier molecular flexibility index (Phi) is 5.60. The highest BCUT2D eigenvalue weighted by Crippen LogP contribution is 2.19. The van der Waals surface area contributed by atoms with E-state index in [9.17, 15) is 4.79 Å². The molecule has 0 aromatic heterocycles. The molecule has 1 amide bonds. The van der Waals surface area contributed by atoms with E-state index in [1.807, 2.05) is 4.90 Å². The van der Waals surface area contributed by atoms with E-state index in [1.54, 1.807) is 0 Å². The van der Waals surface area contributed by atoms with Crippen molar-refractivity contribution < 1.29 is 9.53 Å². The zero-order valence-corrected chi connectivity index (χ0v) is 12.0. The first-order valence-electron chi connectivity index (χ1n) is 7.54. The maximum atomic E-state index is 12.2. The lowest BCUT2D eigenvalue weighted by Gasteiger charge is -2.32. The number of morpholine rings is 1. The first-order valence-corrected chi connectivity index (χ1v) is 7.54. The summed E-state index contributed by atoms with van der Waals surface area (Å²) in [6, 6.07) is 0.533. The van der Waals surface area contributed by atoms with Crippen molar-refractivity contribution in [3.8, 4) is 0 Å². The van der Waals surface area contributed by atoms with E-state index >= 15 is 0 Å². The van der Waals surface area contributed by atoms with Gasteiger partial charge in [0.1, 0.15) is 0 Å². The summed E-state index contributed by atoms with van der Waals surface area (Å²) < 4.78 is 5.38. The highest BCUT2D eigenvalue weighted by Gasteiger charge is 2.31. The maximum Gasteiger partial charge on any atom is 0.222 e. The van der Waals surface area contributed by atoms with Gasteiger partial charge < -0.3 is 15.4 Å².